The van der Waals surface area contributed by atoms with E-state index in [0.717, 1.165) is 12.8 Å². The van der Waals surface area contributed by atoms with E-state index < -0.39 is 0 Å². The highest BCUT2D eigenvalue weighted by molar-refractivity contribution is 5.73. The van der Waals surface area contributed by atoms with Crippen LogP contribution in [-0.4, -0.2) is 11.4 Å². The normalized spacial score (nSPS) is 13.5. The second-order valence-corrected chi connectivity index (χ2v) is 7.13. The van der Waals surface area contributed by atoms with Crippen LogP contribution < -0.4 is 5.32 Å². The third-order valence-electron chi connectivity index (χ3n) is 4.50. The summed E-state index contributed by atoms with van der Waals surface area (Å²) in [5, 5.41) is 3.18. The molecule has 0 spiro atoms. The van der Waals surface area contributed by atoms with Crippen molar-refractivity contribution >= 4 is 5.91 Å². The molecule has 0 aliphatic carbocycles. The molecule has 130 valence electrons. The SMILES string of the molecule is CCCCCCCCCC[C@@](C)(Cc1ccccc1)NC(C)=O. The monoisotopic (exact) mass is 317 g/mol. The van der Waals surface area contributed by atoms with E-state index in [1.165, 1.54) is 56.9 Å². The quantitative estimate of drug-likeness (QED) is 0.495. The summed E-state index contributed by atoms with van der Waals surface area (Å²) in [6, 6.07) is 10.5. The Labute approximate surface area is 143 Å². The molecule has 0 heterocycles. The van der Waals surface area contributed by atoms with Crippen LogP contribution in [0.15, 0.2) is 30.3 Å². The van der Waals surface area contributed by atoms with Crippen molar-refractivity contribution < 1.29 is 4.79 Å². The number of hydrogen-bond acceptors (Lipinski definition) is 1. The van der Waals surface area contributed by atoms with Gasteiger partial charge in [-0.15, -0.1) is 0 Å². The Bertz CT molecular complexity index is 429. The van der Waals surface area contributed by atoms with Crippen LogP contribution in [0.25, 0.3) is 0 Å². The Kier molecular flexibility index (Phi) is 9.66. The number of nitrogens with one attached hydrogen (secondary N) is 1. The van der Waals surface area contributed by atoms with E-state index in [0.29, 0.717) is 0 Å². The number of carbonyl (C=O) groups excluding carboxylic acids is 1. The fourth-order valence-electron chi connectivity index (χ4n) is 3.32. The molecule has 23 heavy (non-hydrogen) atoms. The predicted octanol–water partition coefficient (Wildman–Crippen LogP) is 5.65. The van der Waals surface area contributed by atoms with Gasteiger partial charge in [0.1, 0.15) is 0 Å². The van der Waals surface area contributed by atoms with Crippen molar-refractivity contribution in [3.8, 4) is 0 Å². The fourth-order valence-corrected chi connectivity index (χ4v) is 3.32. The van der Waals surface area contributed by atoms with Gasteiger partial charge in [-0.25, -0.2) is 0 Å². The molecule has 0 fully saturated rings. The minimum atomic E-state index is -0.130. The highest BCUT2D eigenvalue weighted by Crippen LogP contribution is 2.21. The van der Waals surface area contributed by atoms with Crippen LogP contribution in [0.5, 0.6) is 0 Å². The van der Waals surface area contributed by atoms with Crippen molar-refractivity contribution in [1.29, 1.82) is 0 Å². The zero-order valence-electron chi connectivity index (χ0n) is 15.4. The van der Waals surface area contributed by atoms with Crippen LogP contribution in [0, 0.1) is 0 Å². The zero-order valence-corrected chi connectivity index (χ0v) is 15.4. The number of rotatable bonds is 12. The van der Waals surface area contributed by atoms with E-state index in [-0.39, 0.29) is 11.4 Å². The van der Waals surface area contributed by atoms with Gasteiger partial charge in [0, 0.05) is 12.5 Å². The summed E-state index contributed by atoms with van der Waals surface area (Å²) in [5.74, 6) is 0.0722. The molecule has 0 aliphatic heterocycles. The van der Waals surface area contributed by atoms with Gasteiger partial charge < -0.3 is 5.32 Å². The Morgan fingerprint density at radius 1 is 0.957 bits per heavy atom. The zero-order chi connectivity index (χ0) is 17.0. The van der Waals surface area contributed by atoms with Gasteiger partial charge in [0.05, 0.1) is 0 Å². The van der Waals surface area contributed by atoms with Crippen LogP contribution in [0.1, 0.15) is 84.1 Å². The van der Waals surface area contributed by atoms with E-state index >= 15 is 0 Å². The molecule has 0 radical (unpaired) electrons. The van der Waals surface area contributed by atoms with Gasteiger partial charge in [-0.1, -0.05) is 88.6 Å². The van der Waals surface area contributed by atoms with E-state index in [2.05, 4.69) is 43.4 Å². The van der Waals surface area contributed by atoms with Crippen molar-refractivity contribution in [3.05, 3.63) is 35.9 Å². The highest BCUT2D eigenvalue weighted by Gasteiger charge is 2.24. The maximum absolute atomic E-state index is 11.6. The lowest BCUT2D eigenvalue weighted by Gasteiger charge is -2.31. The predicted molar refractivity (Wildman–Crippen MR) is 99.6 cm³/mol. The molecule has 2 nitrogen and oxygen atoms in total. The lowest BCUT2D eigenvalue weighted by atomic mass is 9.87. The minimum Gasteiger partial charge on any atom is -0.351 e. The smallest absolute Gasteiger partial charge is 0.217 e. The Balaban J connectivity index is 2.34. The molecular weight excluding hydrogens is 282 g/mol. The first-order chi connectivity index (χ1) is 11.1. The summed E-state index contributed by atoms with van der Waals surface area (Å²) < 4.78 is 0. The summed E-state index contributed by atoms with van der Waals surface area (Å²) in [6.07, 6.45) is 12.6. The lowest BCUT2D eigenvalue weighted by Crippen LogP contribution is -2.46. The summed E-state index contributed by atoms with van der Waals surface area (Å²) in [6.45, 7) is 6.06. The second-order valence-electron chi connectivity index (χ2n) is 7.13. The standard InChI is InChI=1S/C21H35NO/c1-4-5-6-7-8-9-10-14-17-21(3,22-19(2)23)18-20-15-12-11-13-16-20/h11-13,15-16H,4-10,14,17-18H2,1-3H3,(H,22,23)/t21-/m0/s1. The molecule has 1 amide bonds. The molecule has 2 heteroatoms. The molecule has 1 N–H and O–H groups in total. The molecule has 0 saturated heterocycles. The first-order valence-electron chi connectivity index (χ1n) is 9.38. The van der Waals surface area contributed by atoms with Crippen molar-refractivity contribution in [2.45, 2.75) is 90.5 Å². The van der Waals surface area contributed by atoms with Gasteiger partial charge in [-0.2, -0.15) is 0 Å². The Hall–Kier alpha value is -1.31. The summed E-state index contributed by atoms with van der Waals surface area (Å²) in [7, 11) is 0. The van der Waals surface area contributed by atoms with Crippen molar-refractivity contribution in [3.63, 3.8) is 0 Å². The van der Waals surface area contributed by atoms with Gasteiger partial charge in [0.15, 0.2) is 0 Å². The molecular formula is C21H35NO. The summed E-state index contributed by atoms with van der Waals surface area (Å²) in [5.41, 5.74) is 1.17. The van der Waals surface area contributed by atoms with Crippen LogP contribution in [-0.2, 0) is 11.2 Å². The van der Waals surface area contributed by atoms with E-state index in [1.54, 1.807) is 6.92 Å². The topological polar surface area (TPSA) is 29.1 Å². The van der Waals surface area contributed by atoms with Crippen LogP contribution >= 0.6 is 0 Å². The van der Waals surface area contributed by atoms with Crippen molar-refractivity contribution in [1.82, 2.24) is 5.32 Å². The van der Waals surface area contributed by atoms with Gasteiger partial charge in [0.25, 0.3) is 0 Å². The second kappa shape index (κ2) is 11.3. The molecule has 0 unspecified atom stereocenters. The van der Waals surface area contributed by atoms with E-state index in [1.807, 2.05) is 6.07 Å². The first-order valence-corrected chi connectivity index (χ1v) is 9.38. The van der Waals surface area contributed by atoms with E-state index in [4.69, 9.17) is 0 Å². The molecule has 0 aliphatic rings. The molecule has 0 bridgehead atoms. The Morgan fingerprint density at radius 3 is 2.09 bits per heavy atom. The van der Waals surface area contributed by atoms with Gasteiger partial charge in [-0.3, -0.25) is 4.79 Å². The number of amides is 1. The van der Waals surface area contributed by atoms with Crippen LogP contribution in [0.2, 0.25) is 0 Å². The third-order valence-corrected chi connectivity index (χ3v) is 4.50. The molecule has 1 aromatic rings. The van der Waals surface area contributed by atoms with Crippen molar-refractivity contribution in [2.24, 2.45) is 0 Å². The largest absolute Gasteiger partial charge is 0.351 e. The molecule has 1 rings (SSSR count). The van der Waals surface area contributed by atoms with Crippen LogP contribution in [0.3, 0.4) is 0 Å². The van der Waals surface area contributed by atoms with Gasteiger partial charge in [0.2, 0.25) is 5.91 Å². The molecule has 1 atom stereocenters. The number of benzene rings is 1. The van der Waals surface area contributed by atoms with E-state index in [9.17, 15) is 4.79 Å². The van der Waals surface area contributed by atoms with Crippen molar-refractivity contribution in [2.75, 3.05) is 0 Å². The fraction of sp³-hybridized carbons (Fsp3) is 0.667. The van der Waals surface area contributed by atoms with Gasteiger partial charge >= 0.3 is 0 Å². The average molecular weight is 318 g/mol. The average Bonchev–Trinajstić information content (AvgIpc) is 2.50. The van der Waals surface area contributed by atoms with Crippen LogP contribution in [0.4, 0.5) is 0 Å². The molecule has 1 aromatic carbocycles. The maximum Gasteiger partial charge on any atom is 0.217 e. The summed E-state index contributed by atoms with van der Waals surface area (Å²) in [4.78, 5) is 11.6. The molecule has 0 saturated carbocycles. The highest BCUT2D eigenvalue weighted by atomic mass is 16.1. The maximum atomic E-state index is 11.6. The Morgan fingerprint density at radius 2 is 1.52 bits per heavy atom. The molecule has 0 aromatic heterocycles. The minimum absolute atomic E-state index is 0.0722. The number of hydrogen-bond donors (Lipinski definition) is 1. The lowest BCUT2D eigenvalue weighted by molar-refractivity contribution is -0.120. The van der Waals surface area contributed by atoms with Gasteiger partial charge in [-0.05, 0) is 25.3 Å². The first kappa shape index (κ1) is 19.7. The summed E-state index contributed by atoms with van der Waals surface area (Å²) >= 11 is 0. The number of unbranched alkanes of at least 4 members (excludes halogenated alkanes) is 7. The number of carbonyl (C=O) groups is 1. The third kappa shape index (κ3) is 9.43.